The minimum atomic E-state index is -4.24. The second-order valence-corrected chi connectivity index (χ2v) is 12.9. The first kappa shape index (κ1) is 31.5. The molecule has 1 atom stereocenters. The Morgan fingerprint density at radius 3 is 2.20 bits per heavy atom. The quantitative estimate of drug-likeness (QED) is 0.291. The monoisotopic (exact) mass is 603 g/mol. The van der Waals surface area contributed by atoms with E-state index in [1.807, 2.05) is 52.0 Å². The first-order valence-electron chi connectivity index (χ1n) is 13.0. The Morgan fingerprint density at radius 2 is 1.57 bits per heavy atom. The molecule has 40 heavy (non-hydrogen) atoms. The number of amides is 2. The molecular formula is C30H35Cl2N3O4S. The van der Waals surface area contributed by atoms with E-state index in [9.17, 15) is 18.0 Å². The van der Waals surface area contributed by atoms with Crippen LogP contribution in [0, 0.1) is 19.8 Å². The average Bonchev–Trinajstić information content (AvgIpc) is 2.91. The van der Waals surface area contributed by atoms with Crippen molar-refractivity contribution < 1.29 is 18.0 Å². The van der Waals surface area contributed by atoms with Crippen molar-refractivity contribution in [1.82, 2.24) is 10.2 Å². The summed E-state index contributed by atoms with van der Waals surface area (Å²) in [7, 11) is -4.24. The number of sulfonamides is 1. The summed E-state index contributed by atoms with van der Waals surface area (Å²) < 4.78 is 28.8. The van der Waals surface area contributed by atoms with Gasteiger partial charge in [0.1, 0.15) is 12.6 Å². The van der Waals surface area contributed by atoms with Gasteiger partial charge in [-0.2, -0.15) is 0 Å². The number of hydrogen-bond donors (Lipinski definition) is 1. The summed E-state index contributed by atoms with van der Waals surface area (Å²) in [6.45, 7) is 9.32. The van der Waals surface area contributed by atoms with Gasteiger partial charge in [-0.1, -0.05) is 79.0 Å². The second-order valence-electron chi connectivity index (χ2n) is 10.2. The van der Waals surface area contributed by atoms with Crippen LogP contribution in [0.25, 0.3) is 0 Å². The fourth-order valence-electron chi connectivity index (χ4n) is 4.03. The lowest BCUT2D eigenvalue weighted by Gasteiger charge is -2.32. The molecule has 2 amide bonds. The minimum absolute atomic E-state index is 0.00452. The van der Waals surface area contributed by atoms with E-state index in [0.29, 0.717) is 6.54 Å². The van der Waals surface area contributed by atoms with E-state index in [-0.39, 0.29) is 39.0 Å². The number of halogens is 2. The van der Waals surface area contributed by atoms with Crippen LogP contribution in [0.3, 0.4) is 0 Å². The lowest BCUT2D eigenvalue weighted by Crippen LogP contribution is -2.51. The molecule has 7 nitrogen and oxygen atoms in total. The smallest absolute Gasteiger partial charge is 0.264 e. The zero-order valence-corrected chi connectivity index (χ0v) is 25.6. The Balaban J connectivity index is 2.07. The first-order chi connectivity index (χ1) is 18.8. The third-order valence-electron chi connectivity index (χ3n) is 6.52. The molecule has 0 saturated heterocycles. The van der Waals surface area contributed by atoms with Gasteiger partial charge in [0.05, 0.1) is 15.6 Å². The molecule has 1 N–H and O–H groups in total. The van der Waals surface area contributed by atoms with Crippen LogP contribution < -0.4 is 9.62 Å². The molecule has 0 aliphatic heterocycles. The van der Waals surface area contributed by atoms with Crippen LogP contribution in [-0.4, -0.2) is 44.3 Å². The van der Waals surface area contributed by atoms with Crippen molar-refractivity contribution in [2.75, 3.05) is 17.4 Å². The third kappa shape index (κ3) is 7.77. The summed E-state index contributed by atoms with van der Waals surface area (Å²) in [5.74, 6) is -0.677. The predicted octanol–water partition coefficient (Wildman–Crippen LogP) is 6.00. The molecule has 3 rings (SSSR count). The highest BCUT2D eigenvalue weighted by molar-refractivity contribution is 7.92. The van der Waals surface area contributed by atoms with Crippen molar-refractivity contribution in [1.29, 1.82) is 0 Å². The standard InChI is InChI=1S/C30H35Cl2N3O4S/c1-20(2)17-33-30(37)23(5)34(18-24-9-7-6-8-22(24)4)29(36)19-35(28-16-25(31)12-15-27(28)32)40(38,39)26-13-10-21(3)11-14-26/h6-16,20,23H,17-19H2,1-5H3,(H,33,37)/t23-/m1/s1. The van der Waals surface area contributed by atoms with Gasteiger partial charge in [0.25, 0.3) is 10.0 Å². The number of carbonyl (C=O) groups excluding carboxylic acids is 2. The molecule has 0 aliphatic rings. The molecule has 0 fully saturated rings. The third-order valence-corrected chi connectivity index (χ3v) is 8.85. The molecule has 0 aromatic heterocycles. The van der Waals surface area contributed by atoms with Crippen molar-refractivity contribution in [2.45, 2.75) is 52.1 Å². The molecule has 214 valence electrons. The molecule has 0 saturated carbocycles. The number of rotatable bonds is 11. The van der Waals surface area contributed by atoms with Gasteiger partial charge >= 0.3 is 0 Å². The summed E-state index contributed by atoms with van der Waals surface area (Å²) in [5.41, 5.74) is 2.73. The number of nitrogens with zero attached hydrogens (tertiary/aromatic N) is 2. The predicted molar refractivity (Wildman–Crippen MR) is 161 cm³/mol. The highest BCUT2D eigenvalue weighted by Gasteiger charge is 2.33. The molecular weight excluding hydrogens is 569 g/mol. The van der Waals surface area contributed by atoms with Crippen LogP contribution in [0.5, 0.6) is 0 Å². The van der Waals surface area contributed by atoms with Crippen LogP contribution >= 0.6 is 23.2 Å². The SMILES string of the molecule is Cc1ccc(S(=O)(=O)N(CC(=O)N(Cc2ccccc2C)[C@H](C)C(=O)NCC(C)C)c2cc(Cl)ccc2Cl)cc1. The Morgan fingerprint density at radius 1 is 0.925 bits per heavy atom. The van der Waals surface area contributed by atoms with E-state index in [1.165, 1.54) is 35.2 Å². The lowest BCUT2D eigenvalue weighted by atomic mass is 10.1. The van der Waals surface area contributed by atoms with E-state index in [2.05, 4.69) is 5.32 Å². The van der Waals surface area contributed by atoms with Crippen LogP contribution in [0.2, 0.25) is 10.0 Å². The molecule has 0 unspecified atom stereocenters. The number of anilines is 1. The summed E-state index contributed by atoms with van der Waals surface area (Å²) in [6.07, 6.45) is 0. The summed E-state index contributed by atoms with van der Waals surface area (Å²) in [4.78, 5) is 28.5. The van der Waals surface area contributed by atoms with E-state index in [4.69, 9.17) is 23.2 Å². The normalized spacial score (nSPS) is 12.2. The van der Waals surface area contributed by atoms with Crippen molar-refractivity contribution in [3.8, 4) is 0 Å². The van der Waals surface area contributed by atoms with Gasteiger partial charge in [-0.05, 0) is 68.1 Å². The fraction of sp³-hybridized carbons (Fsp3) is 0.333. The van der Waals surface area contributed by atoms with Gasteiger partial charge in [0, 0.05) is 18.1 Å². The molecule has 0 radical (unpaired) electrons. The maximum atomic E-state index is 14.0. The molecule has 0 heterocycles. The Bertz CT molecular complexity index is 1460. The van der Waals surface area contributed by atoms with Gasteiger partial charge in [0.15, 0.2) is 0 Å². The fourth-order valence-corrected chi connectivity index (χ4v) is 5.89. The average molecular weight is 605 g/mol. The van der Waals surface area contributed by atoms with Crippen molar-refractivity contribution in [3.05, 3.63) is 93.5 Å². The van der Waals surface area contributed by atoms with Crippen molar-refractivity contribution in [2.24, 2.45) is 5.92 Å². The van der Waals surface area contributed by atoms with Gasteiger partial charge in [-0.3, -0.25) is 13.9 Å². The summed E-state index contributed by atoms with van der Waals surface area (Å²) >= 11 is 12.7. The van der Waals surface area contributed by atoms with E-state index >= 15 is 0 Å². The number of aryl methyl sites for hydroxylation is 2. The van der Waals surface area contributed by atoms with Crippen LogP contribution in [0.15, 0.2) is 71.6 Å². The topological polar surface area (TPSA) is 86.8 Å². The van der Waals surface area contributed by atoms with Crippen molar-refractivity contribution >= 4 is 50.7 Å². The second kappa shape index (κ2) is 13.5. The van der Waals surface area contributed by atoms with E-state index in [0.717, 1.165) is 21.0 Å². The number of hydrogen-bond acceptors (Lipinski definition) is 4. The Kier molecular flexibility index (Phi) is 10.6. The number of nitrogens with one attached hydrogen (secondary N) is 1. The van der Waals surface area contributed by atoms with Crippen LogP contribution in [0.1, 0.15) is 37.5 Å². The summed E-state index contributed by atoms with van der Waals surface area (Å²) in [5, 5.41) is 3.25. The molecule has 0 aliphatic carbocycles. The first-order valence-corrected chi connectivity index (χ1v) is 15.2. The Hall–Kier alpha value is -3.07. The highest BCUT2D eigenvalue weighted by Crippen LogP contribution is 2.33. The van der Waals surface area contributed by atoms with Gasteiger partial charge in [0.2, 0.25) is 11.8 Å². The minimum Gasteiger partial charge on any atom is -0.354 e. The molecule has 3 aromatic rings. The van der Waals surface area contributed by atoms with Crippen molar-refractivity contribution in [3.63, 3.8) is 0 Å². The van der Waals surface area contributed by atoms with Crippen LogP contribution in [-0.2, 0) is 26.2 Å². The van der Waals surface area contributed by atoms with Gasteiger partial charge in [-0.25, -0.2) is 8.42 Å². The maximum Gasteiger partial charge on any atom is 0.264 e. The van der Waals surface area contributed by atoms with Gasteiger partial charge < -0.3 is 10.2 Å². The zero-order valence-electron chi connectivity index (χ0n) is 23.3. The molecule has 10 heteroatoms. The van der Waals surface area contributed by atoms with Gasteiger partial charge in [-0.15, -0.1) is 0 Å². The zero-order chi connectivity index (χ0) is 29.6. The maximum absolute atomic E-state index is 14.0. The number of benzene rings is 3. The molecule has 0 bridgehead atoms. The molecule has 3 aromatic carbocycles. The largest absolute Gasteiger partial charge is 0.354 e. The Labute approximate surface area is 247 Å². The van der Waals surface area contributed by atoms with E-state index < -0.39 is 28.5 Å². The lowest BCUT2D eigenvalue weighted by molar-refractivity contribution is -0.139. The van der Waals surface area contributed by atoms with E-state index in [1.54, 1.807) is 19.1 Å². The summed E-state index contributed by atoms with van der Waals surface area (Å²) in [6, 6.07) is 17.4. The number of carbonyl (C=O) groups is 2. The van der Waals surface area contributed by atoms with Crippen LogP contribution in [0.4, 0.5) is 5.69 Å². The highest BCUT2D eigenvalue weighted by atomic mass is 35.5. The molecule has 0 spiro atoms.